The topological polar surface area (TPSA) is 79.4 Å². The van der Waals surface area contributed by atoms with E-state index in [1.165, 1.54) is 19.4 Å². The van der Waals surface area contributed by atoms with Crippen molar-refractivity contribution in [2.24, 2.45) is 0 Å². The normalized spacial score (nSPS) is 11.5. The van der Waals surface area contributed by atoms with Crippen molar-refractivity contribution in [2.75, 3.05) is 13.7 Å². The van der Waals surface area contributed by atoms with E-state index in [4.69, 9.17) is 25.5 Å². The number of nitrogens with zero attached hydrogens (tertiary/aromatic N) is 3. The number of esters is 1. The van der Waals surface area contributed by atoms with Crippen LogP contribution in [-0.4, -0.2) is 34.2 Å². The molecule has 190 valence electrons. The summed E-state index contributed by atoms with van der Waals surface area (Å²) in [5.41, 5.74) is 3.50. The maximum atomic E-state index is 15.4. The molecular weight excluding hydrogens is 509 g/mol. The molecule has 38 heavy (non-hydrogen) atoms. The Morgan fingerprint density at radius 2 is 1.97 bits per heavy atom. The lowest BCUT2D eigenvalue weighted by Crippen LogP contribution is -2.14. The van der Waals surface area contributed by atoms with E-state index in [2.05, 4.69) is 9.97 Å². The smallest absolute Gasteiger partial charge is 0.355 e. The van der Waals surface area contributed by atoms with Crippen LogP contribution in [0.5, 0.6) is 5.88 Å². The van der Waals surface area contributed by atoms with Crippen molar-refractivity contribution in [3.63, 3.8) is 0 Å². The summed E-state index contributed by atoms with van der Waals surface area (Å²) in [6.45, 7) is 2.07. The van der Waals surface area contributed by atoms with Gasteiger partial charge in [0.15, 0.2) is 0 Å². The Bertz CT molecular complexity index is 1860. The number of ether oxygens (including phenoxy) is 2. The van der Waals surface area contributed by atoms with Crippen LogP contribution in [0.15, 0.2) is 71.5 Å². The minimum Gasteiger partial charge on any atom is -0.481 e. The van der Waals surface area contributed by atoms with E-state index >= 15 is 4.39 Å². The second-order valence-electron chi connectivity index (χ2n) is 8.63. The van der Waals surface area contributed by atoms with Gasteiger partial charge in [0.2, 0.25) is 5.88 Å². The number of fused-ring (bicyclic) bond motifs is 4. The SMILES string of the molecule is CCOC(=O)c1c(-c2cccnc2OC)c2c3occc3c(F)cc2n1Cc1cc(Cl)nc2ccccc12. The lowest BCUT2D eigenvalue weighted by atomic mass is 10.0. The van der Waals surface area contributed by atoms with Crippen molar-refractivity contribution in [1.82, 2.24) is 14.5 Å². The first kappa shape index (κ1) is 23.9. The number of furan rings is 1. The molecule has 7 nitrogen and oxygen atoms in total. The van der Waals surface area contributed by atoms with Crippen LogP contribution in [0.2, 0.25) is 5.15 Å². The predicted octanol–water partition coefficient (Wildman–Crippen LogP) is 7.02. The zero-order valence-corrected chi connectivity index (χ0v) is 21.3. The number of pyridine rings is 2. The molecule has 0 saturated heterocycles. The quantitative estimate of drug-likeness (QED) is 0.170. The van der Waals surface area contributed by atoms with E-state index < -0.39 is 11.8 Å². The summed E-state index contributed by atoms with van der Waals surface area (Å²) in [4.78, 5) is 22.4. The van der Waals surface area contributed by atoms with E-state index in [0.29, 0.717) is 49.5 Å². The summed E-state index contributed by atoms with van der Waals surface area (Å²) in [5.74, 6) is -0.745. The zero-order chi connectivity index (χ0) is 26.4. The highest BCUT2D eigenvalue weighted by Gasteiger charge is 2.30. The highest BCUT2D eigenvalue weighted by Crippen LogP contribution is 2.44. The molecule has 0 unspecified atom stereocenters. The number of methoxy groups -OCH3 is 1. The van der Waals surface area contributed by atoms with Crippen LogP contribution in [0.25, 0.3) is 43.9 Å². The second-order valence-corrected chi connectivity index (χ2v) is 9.01. The molecule has 0 fully saturated rings. The van der Waals surface area contributed by atoms with Crippen molar-refractivity contribution < 1.29 is 23.1 Å². The fourth-order valence-electron chi connectivity index (χ4n) is 5.00. The first-order valence-corrected chi connectivity index (χ1v) is 12.3. The van der Waals surface area contributed by atoms with Crippen molar-refractivity contribution >= 4 is 50.3 Å². The van der Waals surface area contributed by atoms with Gasteiger partial charge in [0, 0.05) is 29.3 Å². The molecule has 4 aromatic heterocycles. The highest BCUT2D eigenvalue weighted by atomic mass is 35.5. The summed E-state index contributed by atoms with van der Waals surface area (Å²) < 4.78 is 34.0. The monoisotopic (exact) mass is 529 g/mol. The lowest BCUT2D eigenvalue weighted by Gasteiger charge is -2.14. The number of hydrogen-bond acceptors (Lipinski definition) is 6. The van der Waals surface area contributed by atoms with Crippen molar-refractivity contribution in [2.45, 2.75) is 13.5 Å². The Hall–Kier alpha value is -4.43. The number of carbonyl (C=O) groups is 1. The van der Waals surface area contributed by atoms with E-state index in [1.54, 1.807) is 42.0 Å². The van der Waals surface area contributed by atoms with Gasteiger partial charge in [-0.2, -0.15) is 0 Å². The number of halogens is 2. The van der Waals surface area contributed by atoms with Gasteiger partial charge in [0.05, 0.1) is 41.8 Å². The predicted molar refractivity (Wildman–Crippen MR) is 143 cm³/mol. The Balaban J connectivity index is 1.76. The van der Waals surface area contributed by atoms with Crippen molar-refractivity contribution in [3.8, 4) is 17.0 Å². The largest absolute Gasteiger partial charge is 0.481 e. The lowest BCUT2D eigenvalue weighted by molar-refractivity contribution is 0.0516. The highest BCUT2D eigenvalue weighted by molar-refractivity contribution is 6.30. The summed E-state index contributed by atoms with van der Waals surface area (Å²) in [5, 5.41) is 2.01. The molecule has 0 saturated carbocycles. The van der Waals surface area contributed by atoms with Gasteiger partial charge in [0.1, 0.15) is 22.2 Å². The molecule has 6 rings (SSSR count). The van der Waals surface area contributed by atoms with E-state index in [1.807, 2.05) is 24.3 Å². The molecule has 0 atom stereocenters. The molecule has 0 N–H and O–H groups in total. The molecular formula is C29H21ClFN3O4. The average Bonchev–Trinajstić information content (AvgIpc) is 3.52. The van der Waals surface area contributed by atoms with Gasteiger partial charge in [0.25, 0.3) is 0 Å². The van der Waals surface area contributed by atoms with Gasteiger partial charge >= 0.3 is 5.97 Å². The molecule has 9 heteroatoms. The molecule has 6 aromatic rings. The summed E-state index contributed by atoms with van der Waals surface area (Å²) in [7, 11) is 1.50. The Morgan fingerprint density at radius 3 is 2.79 bits per heavy atom. The van der Waals surface area contributed by atoms with E-state index in [9.17, 15) is 4.79 Å². The van der Waals surface area contributed by atoms with Gasteiger partial charge < -0.3 is 18.5 Å². The third-order valence-corrected chi connectivity index (χ3v) is 6.71. The van der Waals surface area contributed by atoms with Crippen LogP contribution in [0, 0.1) is 5.82 Å². The summed E-state index contributed by atoms with van der Waals surface area (Å²) >= 11 is 6.38. The molecule has 2 aromatic carbocycles. The molecule has 4 heterocycles. The average molecular weight is 530 g/mol. The molecule has 0 bridgehead atoms. The van der Waals surface area contributed by atoms with Gasteiger partial charge in [-0.05, 0) is 48.9 Å². The maximum Gasteiger partial charge on any atom is 0.355 e. The summed E-state index contributed by atoms with van der Waals surface area (Å²) in [6.07, 6.45) is 3.02. The number of benzene rings is 2. The Labute approximate surface area is 221 Å². The standard InChI is InChI=1S/C29H21ClFN3O4/c1-3-37-29(35)26-24(19-8-6-11-32-28(19)36-2)25-22(14-20(31)18-10-12-38-27(18)25)34(26)15-16-13-23(30)33-21-9-5-4-7-17(16)21/h4-14H,3,15H2,1-2H3. The molecule has 0 aliphatic heterocycles. The van der Waals surface area contributed by atoms with Gasteiger partial charge in [-0.3, -0.25) is 0 Å². The number of aromatic nitrogens is 3. The third kappa shape index (κ3) is 3.76. The summed E-state index contributed by atoms with van der Waals surface area (Å²) in [6, 6.07) is 15.8. The molecule has 0 aliphatic carbocycles. The van der Waals surface area contributed by atoms with Crippen LogP contribution in [0.4, 0.5) is 4.39 Å². The van der Waals surface area contributed by atoms with Crippen LogP contribution < -0.4 is 4.74 Å². The molecule has 0 radical (unpaired) electrons. The number of rotatable bonds is 6. The molecule has 0 amide bonds. The van der Waals surface area contributed by atoms with Crippen LogP contribution >= 0.6 is 11.6 Å². The van der Waals surface area contributed by atoms with Crippen LogP contribution in [-0.2, 0) is 11.3 Å². The van der Waals surface area contributed by atoms with Crippen LogP contribution in [0.1, 0.15) is 23.0 Å². The molecule has 0 aliphatic rings. The van der Waals surface area contributed by atoms with Crippen molar-refractivity contribution in [3.05, 3.63) is 89.3 Å². The first-order chi connectivity index (χ1) is 18.5. The van der Waals surface area contributed by atoms with Crippen LogP contribution in [0.3, 0.4) is 0 Å². The van der Waals surface area contributed by atoms with E-state index in [0.717, 1.165) is 10.9 Å². The number of hydrogen-bond donors (Lipinski definition) is 0. The Morgan fingerprint density at radius 1 is 1.13 bits per heavy atom. The minimum absolute atomic E-state index is 0.151. The maximum absolute atomic E-state index is 15.4. The minimum atomic E-state index is -0.575. The van der Waals surface area contributed by atoms with E-state index in [-0.39, 0.29) is 18.8 Å². The third-order valence-electron chi connectivity index (χ3n) is 6.52. The zero-order valence-electron chi connectivity index (χ0n) is 20.5. The number of para-hydroxylation sites is 1. The number of carbonyl (C=O) groups excluding carboxylic acids is 1. The fourth-order valence-corrected chi connectivity index (χ4v) is 5.22. The fraction of sp³-hybridized carbons (Fsp3) is 0.138. The Kier molecular flexibility index (Phi) is 5.96. The van der Waals surface area contributed by atoms with Gasteiger partial charge in [-0.25, -0.2) is 19.2 Å². The molecule has 0 spiro atoms. The van der Waals surface area contributed by atoms with Gasteiger partial charge in [-0.15, -0.1) is 0 Å². The van der Waals surface area contributed by atoms with Crippen molar-refractivity contribution in [1.29, 1.82) is 0 Å². The van der Waals surface area contributed by atoms with Gasteiger partial charge in [-0.1, -0.05) is 29.8 Å². The first-order valence-electron chi connectivity index (χ1n) is 11.9. The second kappa shape index (κ2) is 9.46.